The van der Waals surface area contributed by atoms with Crippen LogP contribution in [0.3, 0.4) is 0 Å². The zero-order valence-electron chi connectivity index (χ0n) is 15.3. The van der Waals surface area contributed by atoms with Gasteiger partial charge in [0, 0.05) is 19.6 Å². The van der Waals surface area contributed by atoms with Crippen LogP contribution in [0.25, 0.3) is 0 Å². The van der Waals surface area contributed by atoms with Crippen LogP contribution in [-0.4, -0.2) is 42.3 Å². The van der Waals surface area contributed by atoms with Gasteiger partial charge in [0.1, 0.15) is 5.78 Å². The molecule has 0 unspecified atom stereocenters. The van der Waals surface area contributed by atoms with Gasteiger partial charge < -0.3 is 5.32 Å². The van der Waals surface area contributed by atoms with Crippen molar-refractivity contribution >= 4 is 11.7 Å². The standard InChI is InChI=1S/C20H30N2O2/c1-15(2)14-21-19(24)16(3)22-12-10-20(11-13-22,17(4)23)18-8-6-5-7-9-18/h5-9,15-16H,10-14H2,1-4H3,(H,21,24)/t16-/m1/s1. The third-order valence-electron chi connectivity index (χ3n) is 5.26. The fourth-order valence-corrected chi connectivity index (χ4v) is 3.51. The molecule has 1 heterocycles. The smallest absolute Gasteiger partial charge is 0.237 e. The first kappa shape index (κ1) is 18.7. The lowest BCUT2D eigenvalue weighted by Crippen LogP contribution is -2.53. The van der Waals surface area contributed by atoms with Crippen LogP contribution in [-0.2, 0) is 15.0 Å². The number of carbonyl (C=O) groups is 2. The van der Waals surface area contributed by atoms with Gasteiger partial charge in [-0.1, -0.05) is 44.2 Å². The van der Waals surface area contributed by atoms with E-state index in [1.807, 2.05) is 25.1 Å². The molecule has 1 N–H and O–H groups in total. The van der Waals surface area contributed by atoms with E-state index in [9.17, 15) is 9.59 Å². The second kappa shape index (κ2) is 7.93. The minimum atomic E-state index is -0.397. The van der Waals surface area contributed by atoms with Crippen molar-refractivity contribution in [1.82, 2.24) is 10.2 Å². The lowest BCUT2D eigenvalue weighted by molar-refractivity contribution is -0.128. The summed E-state index contributed by atoms with van der Waals surface area (Å²) in [6, 6.07) is 9.92. The maximum absolute atomic E-state index is 12.4. The number of likely N-dealkylation sites (tertiary alicyclic amines) is 1. The molecule has 2 rings (SSSR count). The number of piperidine rings is 1. The van der Waals surface area contributed by atoms with Crippen LogP contribution in [0.5, 0.6) is 0 Å². The van der Waals surface area contributed by atoms with Crippen molar-refractivity contribution in [2.75, 3.05) is 19.6 Å². The van der Waals surface area contributed by atoms with Gasteiger partial charge in [0.05, 0.1) is 11.5 Å². The summed E-state index contributed by atoms with van der Waals surface area (Å²) < 4.78 is 0. The minimum Gasteiger partial charge on any atom is -0.354 e. The van der Waals surface area contributed by atoms with Crippen molar-refractivity contribution in [2.24, 2.45) is 5.92 Å². The summed E-state index contributed by atoms with van der Waals surface area (Å²) in [6.07, 6.45) is 1.54. The number of ketones is 1. The molecule has 4 nitrogen and oxygen atoms in total. The first-order valence-corrected chi connectivity index (χ1v) is 8.95. The van der Waals surface area contributed by atoms with Gasteiger partial charge in [-0.3, -0.25) is 14.5 Å². The highest BCUT2D eigenvalue weighted by Crippen LogP contribution is 2.36. The molecule has 132 valence electrons. The van der Waals surface area contributed by atoms with Crippen molar-refractivity contribution < 1.29 is 9.59 Å². The number of carbonyl (C=O) groups excluding carboxylic acids is 2. The van der Waals surface area contributed by atoms with Crippen LogP contribution >= 0.6 is 0 Å². The zero-order valence-corrected chi connectivity index (χ0v) is 15.3. The van der Waals surface area contributed by atoms with Crippen molar-refractivity contribution in [3.63, 3.8) is 0 Å². The lowest BCUT2D eigenvalue weighted by atomic mass is 9.70. The Morgan fingerprint density at radius 2 is 1.71 bits per heavy atom. The van der Waals surface area contributed by atoms with Gasteiger partial charge in [-0.05, 0) is 38.2 Å². The van der Waals surface area contributed by atoms with Crippen LogP contribution in [0.4, 0.5) is 0 Å². The fourth-order valence-electron chi connectivity index (χ4n) is 3.51. The van der Waals surface area contributed by atoms with Gasteiger partial charge in [0.25, 0.3) is 0 Å². The van der Waals surface area contributed by atoms with Crippen molar-refractivity contribution in [3.8, 4) is 0 Å². The van der Waals surface area contributed by atoms with E-state index in [-0.39, 0.29) is 17.7 Å². The molecular weight excluding hydrogens is 300 g/mol. The van der Waals surface area contributed by atoms with Crippen molar-refractivity contribution in [2.45, 2.75) is 52.0 Å². The van der Waals surface area contributed by atoms with E-state index in [0.29, 0.717) is 12.5 Å². The molecule has 1 aromatic carbocycles. The molecule has 0 aromatic heterocycles. The number of benzene rings is 1. The largest absolute Gasteiger partial charge is 0.354 e. The summed E-state index contributed by atoms with van der Waals surface area (Å²) in [4.78, 5) is 26.9. The van der Waals surface area contributed by atoms with E-state index in [1.165, 1.54) is 0 Å². The molecule has 1 atom stereocenters. The Morgan fingerprint density at radius 1 is 1.12 bits per heavy atom. The molecule has 4 heteroatoms. The third-order valence-corrected chi connectivity index (χ3v) is 5.26. The second-order valence-corrected chi connectivity index (χ2v) is 7.36. The number of hydrogen-bond donors (Lipinski definition) is 1. The molecule has 1 aliphatic rings. The third kappa shape index (κ3) is 4.04. The molecule has 0 radical (unpaired) electrons. The fraction of sp³-hybridized carbons (Fsp3) is 0.600. The predicted octanol–water partition coefficient (Wildman–Crippen LogP) is 2.77. The second-order valence-electron chi connectivity index (χ2n) is 7.36. The Morgan fingerprint density at radius 3 is 2.21 bits per heavy atom. The highest BCUT2D eigenvalue weighted by atomic mass is 16.2. The van der Waals surface area contributed by atoms with Crippen LogP contribution < -0.4 is 5.32 Å². The average molecular weight is 330 g/mol. The molecule has 1 aliphatic heterocycles. The Balaban J connectivity index is 2.03. The summed E-state index contributed by atoms with van der Waals surface area (Å²) >= 11 is 0. The van der Waals surface area contributed by atoms with Crippen molar-refractivity contribution in [3.05, 3.63) is 35.9 Å². The van der Waals surface area contributed by atoms with Gasteiger partial charge in [-0.25, -0.2) is 0 Å². The summed E-state index contributed by atoms with van der Waals surface area (Å²) in [5.74, 6) is 0.759. The number of nitrogens with one attached hydrogen (secondary N) is 1. The average Bonchev–Trinajstić information content (AvgIpc) is 2.59. The maximum atomic E-state index is 12.4. The van der Waals surface area contributed by atoms with Gasteiger partial charge in [0.2, 0.25) is 5.91 Å². The first-order chi connectivity index (χ1) is 11.4. The van der Waals surface area contributed by atoms with Gasteiger partial charge >= 0.3 is 0 Å². The lowest BCUT2D eigenvalue weighted by Gasteiger charge is -2.42. The summed E-state index contributed by atoms with van der Waals surface area (Å²) in [5, 5.41) is 3.01. The van der Waals surface area contributed by atoms with Crippen LogP contribution in [0.1, 0.15) is 46.1 Å². The Labute approximate surface area is 145 Å². The Kier molecular flexibility index (Phi) is 6.16. The van der Waals surface area contributed by atoms with E-state index in [1.54, 1.807) is 6.92 Å². The normalized spacial score (nSPS) is 19.0. The molecule has 0 spiro atoms. The Bertz CT molecular complexity index is 560. The number of nitrogens with zero attached hydrogens (tertiary/aromatic N) is 1. The monoisotopic (exact) mass is 330 g/mol. The first-order valence-electron chi connectivity index (χ1n) is 8.95. The highest BCUT2D eigenvalue weighted by molar-refractivity contribution is 5.88. The van der Waals surface area contributed by atoms with E-state index >= 15 is 0 Å². The molecular formula is C20H30N2O2. The number of amides is 1. The number of Topliss-reactive ketones (excluding diaryl/α,β-unsaturated/α-hetero) is 1. The SMILES string of the molecule is CC(=O)C1(c2ccccc2)CCN([C@H](C)C(=O)NCC(C)C)CC1. The zero-order chi connectivity index (χ0) is 17.7. The maximum Gasteiger partial charge on any atom is 0.237 e. The molecule has 1 fully saturated rings. The Hall–Kier alpha value is -1.68. The minimum absolute atomic E-state index is 0.0822. The summed E-state index contributed by atoms with van der Waals surface area (Å²) in [6.45, 7) is 10.1. The molecule has 0 bridgehead atoms. The number of rotatable bonds is 6. The summed E-state index contributed by atoms with van der Waals surface area (Å²) in [5.41, 5.74) is 0.709. The van der Waals surface area contributed by atoms with Gasteiger partial charge in [0.15, 0.2) is 0 Å². The van der Waals surface area contributed by atoms with E-state index in [2.05, 4.69) is 36.2 Å². The highest BCUT2D eigenvalue weighted by Gasteiger charge is 2.41. The van der Waals surface area contributed by atoms with E-state index in [4.69, 9.17) is 0 Å². The molecule has 0 aliphatic carbocycles. The molecule has 1 amide bonds. The molecule has 1 aromatic rings. The predicted molar refractivity (Wildman–Crippen MR) is 96.9 cm³/mol. The van der Waals surface area contributed by atoms with Crippen LogP contribution in [0, 0.1) is 5.92 Å². The van der Waals surface area contributed by atoms with E-state index < -0.39 is 5.41 Å². The van der Waals surface area contributed by atoms with Crippen molar-refractivity contribution in [1.29, 1.82) is 0 Å². The quantitative estimate of drug-likeness (QED) is 0.872. The number of hydrogen-bond acceptors (Lipinski definition) is 3. The van der Waals surface area contributed by atoms with Crippen LogP contribution in [0.2, 0.25) is 0 Å². The topological polar surface area (TPSA) is 49.4 Å². The summed E-state index contributed by atoms with van der Waals surface area (Å²) in [7, 11) is 0. The molecule has 0 saturated carbocycles. The van der Waals surface area contributed by atoms with Gasteiger partial charge in [-0.2, -0.15) is 0 Å². The van der Waals surface area contributed by atoms with E-state index in [0.717, 1.165) is 31.5 Å². The molecule has 24 heavy (non-hydrogen) atoms. The molecule has 1 saturated heterocycles. The van der Waals surface area contributed by atoms with Crippen LogP contribution in [0.15, 0.2) is 30.3 Å². The van der Waals surface area contributed by atoms with Gasteiger partial charge in [-0.15, -0.1) is 0 Å².